The standard InChI is InChI=1S/C16H16Br2O2S/c1-19-11-7-6-10(16(20-2)15(11)18)14(17)13-8-9-4-3-5-12(9)21-13/h6-8,14H,3-5H2,1-2H3. The summed E-state index contributed by atoms with van der Waals surface area (Å²) in [5.41, 5.74) is 2.64. The minimum Gasteiger partial charge on any atom is -0.495 e. The highest BCUT2D eigenvalue weighted by atomic mass is 79.9. The highest BCUT2D eigenvalue weighted by molar-refractivity contribution is 9.10. The maximum absolute atomic E-state index is 5.59. The predicted octanol–water partition coefficient (Wildman–Crippen LogP) is 5.50. The third-order valence-corrected chi connectivity index (χ3v) is 7.15. The Kier molecular flexibility index (Phi) is 4.62. The Morgan fingerprint density at radius 3 is 2.67 bits per heavy atom. The van der Waals surface area contributed by atoms with Crippen molar-refractivity contribution in [3.63, 3.8) is 0 Å². The van der Waals surface area contributed by atoms with Gasteiger partial charge in [-0.1, -0.05) is 22.0 Å². The zero-order valence-corrected chi connectivity index (χ0v) is 15.9. The average Bonchev–Trinajstić information content (AvgIpc) is 3.07. The molecule has 112 valence electrons. The van der Waals surface area contributed by atoms with Crippen molar-refractivity contribution in [3.8, 4) is 11.5 Å². The van der Waals surface area contributed by atoms with Crippen LogP contribution in [-0.2, 0) is 12.8 Å². The molecule has 1 aromatic heterocycles. The molecular weight excluding hydrogens is 416 g/mol. The van der Waals surface area contributed by atoms with E-state index in [-0.39, 0.29) is 4.83 Å². The van der Waals surface area contributed by atoms with Crippen molar-refractivity contribution in [2.45, 2.75) is 24.1 Å². The molecular formula is C16H16Br2O2S. The monoisotopic (exact) mass is 430 g/mol. The summed E-state index contributed by atoms with van der Waals surface area (Å²) in [4.78, 5) is 3.03. The smallest absolute Gasteiger partial charge is 0.141 e. The Balaban J connectivity index is 2.00. The van der Waals surface area contributed by atoms with Crippen molar-refractivity contribution in [1.82, 2.24) is 0 Å². The predicted molar refractivity (Wildman–Crippen MR) is 94.4 cm³/mol. The van der Waals surface area contributed by atoms with Crippen LogP contribution in [0.1, 0.15) is 32.1 Å². The second kappa shape index (κ2) is 6.31. The summed E-state index contributed by atoms with van der Waals surface area (Å²) in [7, 11) is 3.35. The first-order chi connectivity index (χ1) is 10.2. The molecule has 2 aromatic rings. The largest absolute Gasteiger partial charge is 0.495 e. The van der Waals surface area contributed by atoms with Gasteiger partial charge in [0.1, 0.15) is 16.0 Å². The number of rotatable bonds is 4. The van der Waals surface area contributed by atoms with Crippen LogP contribution in [0, 0.1) is 0 Å². The Labute approximate surface area is 145 Å². The number of alkyl halides is 1. The van der Waals surface area contributed by atoms with E-state index in [0.29, 0.717) is 0 Å². The van der Waals surface area contributed by atoms with Gasteiger partial charge in [-0.3, -0.25) is 0 Å². The molecule has 1 aliphatic rings. The maximum atomic E-state index is 5.59. The molecule has 1 aliphatic carbocycles. The van der Waals surface area contributed by atoms with Gasteiger partial charge >= 0.3 is 0 Å². The Morgan fingerprint density at radius 2 is 2.00 bits per heavy atom. The number of ether oxygens (including phenoxy) is 2. The molecule has 0 fully saturated rings. The van der Waals surface area contributed by atoms with Gasteiger partial charge in [0.25, 0.3) is 0 Å². The minimum atomic E-state index is 0.144. The molecule has 0 saturated heterocycles. The van der Waals surface area contributed by atoms with Crippen LogP contribution in [0.2, 0.25) is 0 Å². The molecule has 1 heterocycles. The van der Waals surface area contributed by atoms with Gasteiger partial charge in [-0.25, -0.2) is 0 Å². The lowest BCUT2D eigenvalue weighted by molar-refractivity contribution is 0.387. The number of hydrogen-bond acceptors (Lipinski definition) is 3. The molecule has 0 spiro atoms. The Bertz CT molecular complexity index is 645. The first kappa shape index (κ1) is 15.4. The van der Waals surface area contributed by atoms with E-state index in [0.717, 1.165) is 21.5 Å². The fourth-order valence-electron chi connectivity index (χ4n) is 2.75. The summed E-state index contributed by atoms with van der Waals surface area (Å²) in [5, 5.41) is 0. The van der Waals surface area contributed by atoms with Gasteiger partial charge in [0.2, 0.25) is 0 Å². The Hall–Kier alpha value is -0.520. The summed E-state index contributed by atoms with van der Waals surface area (Å²) in [6.45, 7) is 0. The molecule has 1 aromatic carbocycles. The average molecular weight is 432 g/mol. The van der Waals surface area contributed by atoms with E-state index in [1.807, 2.05) is 17.4 Å². The summed E-state index contributed by atoms with van der Waals surface area (Å²) in [6, 6.07) is 6.37. The van der Waals surface area contributed by atoms with Gasteiger partial charge in [-0.15, -0.1) is 11.3 Å². The summed E-state index contributed by atoms with van der Waals surface area (Å²) >= 11 is 9.32. The first-order valence-corrected chi connectivity index (χ1v) is 9.34. The van der Waals surface area contributed by atoms with Crippen molar-refractivity contribution in [2.75, 3.05) is 14.2 Å². The number of hydrogen-bond donors (Lipinski definition) is 0. The molecule has 5 heteroatoms. The van der Waals surface area contributed by atoms with E-state index in [1.165, 1.54) is 29.7 Å². The molecule has 2 nitrogen and oxygen atoms in total. The molecule has 3 rings (SSSR count). The molecule has 0 aliphatic heterocycles. The number of thiophene rings is 1. The summed E-state index contributed by atoms with van der Waals surface area (Å²) in [6.07, 6.45) is 3.74. The Morgan fingerprint density at radius 1 is 1.19 bits per heavy atom. The molecule has 21 heavy (non-hydrogen) atoms. The van der Waals surface area contributed by atoms with E-state index >= 15 is 0 Å². The topological polar surface area (TPSA) is 18.5 Å². The van der Waals surface area contributed by atoms with Crippen LogP contribution in [0.3, 0.4) is 0 Å². The van der Waals surface area contributed by atoms with E-state index in [4.69, 9.17) is 9.47 Å². The van der Waals surface area contributed by atoms with Crippen molar-refractivity contribution < 1.29 is 9.47 Å². The van der Waals surface area contributed by atoms with Crippen molar-refractivity contribution in [2.24, 2.45) is 0 Å². The highest BCUT2D eigenvalue weighted by Gasteiger charge is 2.24. The molecule has 0 amide bonds. The molecule has 1 atom stereocenters. The van der Waals surface area contributed by atoms with E-state index in [2.05, 4.69) is 44.0 Å². The van der Waals surface area contributed by atoms with Crippen LogP contribution in [0.25, 0.3) is 0 Å². The quantitative estimate of drug-likeness (QED) is 0.595. The van der Waals surface area contributed by atoms with Crippen LogP contribution in [0.5, 0.6) is 11.5 Å². The number of halogens is 2. The third-order valence-electron chi connectivity index (χ3n) is 3.80. The van der Waals surface area contributed by atoms with Crippen LogP contribution in [-0.4, -0.2) is 14.2 Å². The second-order valence-electron chi connectivity index (χ2n) is 5.02. The molecule has 0 N–H and O–H groups in total. The molecule has 0 bridgehead atoms. The highest BCUT2D eigenvalue weighted by Crippen LogP contribution is 2.46. The summed E-state index contributed by atoms with van der Waals surface area (Å²) < 4.78 is 11.8. The molecule has 1 unspecified atom stereocenters. The number of aryl methyl sites for hydroxylation is 2. The van der Waals surface area contributed by atoms with Crippen molar-refractivity contribution in [3.05, 3.63) is 43.6 Å². The normalized spacial score (nSPS) is 14.9. The van der Waals surface area contributed by atoms with Gasteiger partial charge < -0.3 is 9.47 Å². The van der Waals surface area contributed by atoms with Crippen LogP contribution < -0.4 is 9.47 Å². The van der Waals surface area contributed by atoms with Crippen molar-refractivity contribution >= 4 is 43.2 Å². The summed E-state index contributed by atoms with van der Waals surface area (Å²) in [5.74, 6) is 1.61. The molecule has 0 saturated carbocycles. The number of fused-ring (bicyclic) bond motifs is 1. The second-order valence-corrected chi connectivity index (χ2v) is 7.89. The minimum absolute atomic E-state index is 0.144. The van der Waals surface area contributed by atoms with Gasteiger partial charge in [0.15, 0.2) is 0 Å². The fraction of sp³-hybridized carbons (Fsp3) is 0.375. The third kappa shape index (κ3) is 2.76. The van der Waals surface area contributed by atoms with Crippen LogP contribution in [0.4, 0.5) is 0 Å². The van der Waals surface area contributed by atoms with Gasteiger partial charge in [0, 0.05) is 15.3 Å². The number of methoxy groups -OCH3 is 2. The van der Waals surface area contributed by atoms with Crippen LogP contribution in [0.15, 0.2) is 22.7 Å². The van der Waals surface area contributed by atoms with Gasteiger partial charge in [0.05, 0.1) is 19.0 Å². The van der Waals surface area contributed by atoms with Gasteiger partial charge in [-0.2, -0.15) is 0 Å². The molecule has 0 radical (unpaired) electrons. The van der Waals surface area contributed by atoms with E-state index in [9.17, 15) is 0 Å². The first-order valence-electron chi connectivity index (χ1n) is 6.81. The van der Waals surface area contributed by atoms with E-state index in [1.54, 1.807) is 19.1 Å². The lowest BCUT2D eigenvalue weighted by atomic mass is 10.1. The zero-order chi connectivity index (χ0) is 15.0. The van der Waals surface area contributed by atoms with Gasteiger partial charge in [-0.05, 0) is 52.9 Å². The van der Waals surface area contributed by atoms with Crippen LogP contribution >= 0.6 is 43.2 Å². The zero-order valence-electron chi connectivity index (χ0n) is 11.9. The fourth-order valence-corrected chi connectivity index (χ4v) is 5.46. The van der Waals surface area contributed by atoms with E-state index < -0.39 is 0 Å². The number of benzene rings is 1. The van der Waals surface area contributed by atoms with Crippen molar-refractivity contribution in [1.29, 1.82) is 0 Å². The lowest BCUT2D eigenvalue weighted by Gasteiger charge is -2.16. The lowest BCUT2D eigenvalue weighted by Crippen LogP contribution is -1.98. The maximum Gasteiger partial charge on any atom is 0.141 e. The SMILES string of the molecule is COc1ccc(C(Br)c2cc3c(s2)CCC3)c(OC)c1Br.